The minimum atomic E-state index is -1.40. The van der Waals surface area contributed by atoms with Gasteiger partial charge in [-0.1, -0.05) is 0 Å². The summed E-state index contributed by atoms with van der Waals surface area (Å²) in [4.78, 5) is 24.7. The number of carbonyl (C=O) groups is 1. The third kappa shape index (κ3) is 3.28. The Kier molecular flexibility index (Phi) is 4.95. The van der Waals surface area contributed by atoms with Crippen molar-refractivity contribution in [1.82, 2.24) is 0 Å². The summed E-state index contributed by atoms with van der Waals surface area (Å²) in [5, 5.41) is 9.29. The predicted molar refractivity (Wildman–Crippen MR) is 87.6 cm³/mol. The van der Waals surface area contributed by atoms with Crippen LogP contribution in [0.25, 0.3) is 0 Å². The van der Waals surface area contributed by atoms with Crippen LogP contribution in [0.3, 0.4) is 0 Å². The van der Waals surface area contributed by atoms with E-state index < -0.39 is 41.4 Å². The Hall–Kier alpha value is -3.20. The van der Waals surface area contributed by atoms with Crippen molar-refractivity contribution >= 4 is 5.97 Å². The molecule has 3 N–H and O–H groups in total. The van der Waals surface area contributed by atoms with E-state index in [0.29, 0.717) is 0 Å². The lowest BCUT2D eigenvalue weighted by atomic mass is 9.86. The molecule has 142 valence electrons. The number of fused-ring (bicyclic) bond motifs is 1. The van der Waals surface area contributed by atoms with Crippen LogP contribution in [0, 0.1) is 11.6 Å². The van der Waals surface area contributed by atoms with Crippen LogP contribution in [0.5, 0.6) is 5.75 Å². The largest absolute Gasteiger partial charge is 0.462 e. The lowest BCUT2D eigenvalue weighted by Crippen LogP contribution is -2.30. The van der Waals surface area contributed by atoms with Gasteiger partial charge in [0.15, 0.2) is 5.76 Å². The van der Waals surface area contributed by atoms with E-state index in [0.717, 1.165) is 24.3 Å². The molecule has 2 heterocycles. The fourth-order valence-corrected chi connectivity index (χ4v) is 2.82. The predicted octanol–water partition coefficient (Wildman–Crippen LogP) is 1.67. The second-order valence-electron chi connectivity index (χ2n) is 5.63. The number of halogens is 2. The number of hydrogen-bond donors (Lipinski definition) is 2. The summed E-state index contributed by atoms with van der Waals surface area (Å²) in [5.41, 5.74) is 4.45. The van der Waals surface area contributed by atoms with Crippen molar-refractivity contribution in [3.05, 3.63) is 74.7 Å². The summed E-state index contributed by atoms with van der Waals surface area (Å²) < 4.78 is 43.9. The van der Waals surface area contributed by atoms with Gasteiger partial charge in [0.25, 0.3) is 0 Å². The zero-order valence-corrected chi connectivity index (χ0v) is 14.1. The third-order valence-electron chi connectivity index (χ3n) is 3.93. The van der Waals surface area contributed by atoms with Gasteiger partial charge in [-0.25, -0.2) is 13.6 Å². The van der Waals surface area contributed by atoms with E-state index in [9.17, 15) is 23.5 Å². The van der Waals surface area contributed by atoms with Gasteiger partial charge >= 0.3 is 5.97 Å². The van der Waals surface area contributed by atoms with Crippen LogP contribution < -0.4 is 15.9 Å². The van der Waals surface area contributed by atoms with Gasteiger partial charge in [-0.2, -0.15) is 0 Å². The highest BCUT2D eigenvalue weighted by Crippen LogP contribution is 2.42. The second kappa shape index (κ2) is 7.20. The van der Waals surface area contributed by atoms with Crippen molar-refractivity contribution in [2.24, 2.45) is 5.73 Å². The Balaban J connectivity index is 2.33. The Morgan fingerprint density at radius 3 is 2.74 bits per heavy atom. The zero-order chi connectivity index (χ0) is 19.7. The first-order chi connectivity index (χ1) is 12.9. The quantitative estimate of drug-likeness (QED) is 0.777. The summed E-state index contributed by atoms with van der Waals surface area (Å²) in [6.07, 6.45) is 0. The maximum absolute atomic E-state index is 14.5. The number of nitrogens with two attached hydrogens (primary N) is 1. The number of ether oxygens (including phenoxy) is 2. The van der Waals surface area contributed by atoms with E-state index >= 15 is 0 Å². The van der Waals surface area contributed by atoms with Gasteiger partial charge in [0, 0.05) is 11.6 Å². The number of carbonyl (C=O) groups excluding carboxylic acids is 1. The number of benzene rings is 1. The van der Waals surface area contributed by atoms with E-state index in [1.165, 1.54) is 0 Å². The van der Waals surface area contributed by atoms with Gasteiger partial charge < -0.3 is 24.7 Å². The third-order valence-corrected chi connectivity index (χ3v) is 3.93. The van der Waals surface area contributed by atoms with E-state index in [2.05, 4.69) is 0 Å². The van der Waals surface area contributed by atoms with E-state index in [-0.39, 0.29) is 35.0 Å². The molecular formula is C18H15F2NO6. The van der Waals surface area contributed by atoms with Gasteiger partial charge in [0.05, 0.1) is 12.5 Å². The Bertz CT molecular complexity index is 998. The van der Waals surface area contributed by atoms with Crippen molar-refractivity contribution in [3.63, 3.8) is 0 Å². The van der Waals surface area contributed by atoms with Crippen molar-refractivity contribution < 1.29 is 32.6 Å². The van der Waals surface area contributed by atoms with Crippen molar-refractivity contribution in [2.45, 2.75) is 19.4 Å². The molecule has 1 aliphatic heterocycles. The normalized spacial score (nSPS) is 15.9. The average Bonchev–Trinajstić information content (AvgIpc) is 2.63. The molecule has 27 heavy (non-hydrogen) atoms. The van der Waals surface area contributed by atoms with E-state index in [1.807, 2.05) is 0 Å². The summed E-state index contributed by atoms with van der Waals surface area (Å²) >= 11 is 0. The SMILES string of the molecule is CCOC(=O)C1=C(N)Oc2c(oc(CO)cc2=O)[C@@H]1c1cc(F)ccc1F. The highest BCUT2D eigenvalue weighted by atomic mass is 19.1. The molecule has 1 atom stereocenters. The van der Waals surface area contributed by atoms with E-state index in [4.69, 9.17) is 19.6 Å². The molecule has 2 aromatic rings. The van der Waals surface area contributed by atoms with Gasteiger partial charge in [0.1, 0.15) is 29.6 Å². The van der Waals surface area contributed by atoms with Crippen LogP contribution in [0.4, 0.5) is 8.78 Å². The molecule has 0 saturated carbocycles. The van der Waals surface area contributed by atoms with Crippen LogP contribution in [-0.4, -0.2) is 17.7 Å². The maximum Gasteiger partial charge on any atom is 0.340 e. The van der Waals surface area contributed by atoms with Crippen LogP contribution in [-0.2, 0) is 16.1 Å². The monoisotopic (exact) mass is 379 g/mol. The topological polar surface area (TPSA) is 112 Å². The molecule has 9 heteroatoms. The second-order valence-corrected chi connectivity index (χ2v) is 5.63. The highest BCUT2D eigenvalue weighted by molar-refractivity contribution is 5.92. The smallest absolute Gasteiger partial charge is 0.340 e. The van der Waals surface area contributed by atoms with Crippen LogP contribution in [0.2, 0.25) is 0 Å². The first kappa shape index (κ1) is 18.6. The minimum absolute atomic E-state index is 0.0124. The standard InChI is InChI=1S/C18H15F2NO6/c1-2-25-18(24)14-13(10-5-8(19)3-4-11(10)20)16-15(27-17(14)21)12(23)6-9(7-22)26-16/h3-6,13,22H,2,7,21H2,1H3/t13-/m1/s1. The molecular weight excluding hydrogens is 364 g/mol. The summed E-state index contributed by atoms with van der Waals surface area (Å²) in [6, 6.07) is 3.59. The minimum Gasteiger partial charge on any atom is -0.462 e. The molecule has 7 nitrogen and oxygen atoms in total. The highest BCUT2D eigenvalue weighted by Gasteiger charge is 2.40. The van der Waals surface area contributed by atoms with Crippen molar-refractivity contribution in [1.29, 1.82) is 0 Å². The number of esters is 1. The summed E-state index contributed by atoms with van der Waals surface area (Å²) in [5.74, 6) is -5.27. The zero-order valence-electron chi connectivity index (χ0n) is 14.1. The van der Waals surface area contributed by atoms with Gasteiger partial charge in [0.2, 0.25) is 17.1 Å². The summed E-state index contributed by atoms with van der Waals surface area (Å²) in [7, 11) is 0. The Morgan fingerprint density at radius 1 is 1.33 bits per heavy atom. The maximum atomic E-state index is 14.5. The number of rotatable bonds is 4. The van der Waals surface area contributed by atoms with Crippen LogP contribution >= 0.6 is 0 Å². The molecule has 0 bridgehead atoms. The molecule has 1 aromatic carbocycles. The fraction of sp³-hybridized carbons (Fsp3) is 0.222. The lowest BCUT2D eigenvalue weighted by molar-refractivity contribution is -0.139. The lowest BCUT2D eigenvalue weighted by Gasteiger charge is -2.27. The van der Waals surface area contributed by atoms with Crippen LogP contribution in [0.1, 0.15) is 29.9 Å². The van der Waals surface area contributed by atoms with Gasteiger partial charge in [-0.3, -0.25) is 4.79 Å². The van der Waals surface area contributed by atoms with Gasteiger partial charge in [-0.15, -0.1) is 0 Å². The molecule has 1 aliphatic rings. The Labute approximate surface area is 151 Å². The molecule has 0 amide bonds. The molecule has 0 aliphatic carbocycles. The Morgan fingerprint density at radius 2 is 2.07 bits per heavy atom. The first-order valence-corrected chi connectivity index (χ1v) is 7.94. The van der Waals surface area contributed by atoms with Crippen LogP contribution in [0.15, 0.2) is 44.9 Å². The van der Waals surface area contributed by atoms with E-state index in [1.54, 1.807) is 6.92 Å². The van der Waals surface area contributed by atoms with Crippen molar-refractivity contribution in [2.75, 3.05) is 6.61 Å². The molecule has 3 rings (SSSR count). The molecule has 0 saturated heterocycles. The average molecular weight is 379 g/mol. The molecule has 1 aromatic heterocycles. The molecule has 0 unspecified atom stereocenters. The van der Waals surface area contributed by atoms with Crippen molar-refractivity contribution in [3.8, 4) is 5.75 Å². The summed E-state index contributed by atoms with van der Waals surface area (Å²) in [6.45, 7) is 0.907. The van der Waals surface area contributed by atoms with Gasteiger partial charge in [-0.05, 0) is 25.1 Å². The molecule has 0 fully saturated rings. The molecule has 0 spiro atoms. The number of aliphatic hydroxyl groups is 1. The number of aliphatic hydroxyl groups excluding tert-OH is 1. The molecule has 0 radical (unpaired) electrons. The fourth-order valence-electron chi connectivity index (χ4n) is 2.82. The first-order valence-electron chi connectivity index (χ1n) is 7.94. The number of hydrogen-bond acceptors (Lipinski definition) is 7.